The van der Waals surface area contributed by atoms with Crippen molar-refractivity contribution >= 4 is 30.0 Å². The van der Waals surface area contributed by atoms with Crippen LogP contribution in [0, 0.1) is 0 Å². The number of rotatable bonds is 8. The van der Waals surface area contributed by atoms with Gasteiger partial charge in [0.2, 0.25) is 11.8 Å². The van der Waals surface area contributed by atoms with Crippen molar-refractivity contribution in [2.45, 2.75) is 76.7 Å². The van der Waals surface area contributed by atoms with Crippen LogP contribution in [0.15, 0.2) is 0 Å². The van der Waals surface area contributed by atoms with Crippen LogP contribution in [0.25, 0.3) is 0 Å². The maximum atomic E-state index is 11.6. The molecule has 28 heavy (non-hydrogen) atoms. The Morgan fingerprint density at radius 1 is 1.14 bits per heavy atom. The van der Waals surface area contributed by atoms with E-state index in [0.717, 1.165) is 6.26 Å². The molecule has 6 atom stereocenters. The minimum absolute atomic E-state index is 0.185. The van der Waals surface area contributed by atoms with E-state index < -0.39 is 67.2 Å². The molecule has 3 N–H and O–H groups in total. The van der Waals surface area contributed by atoms with E-state index in [1.807, 2.05) is 6.92 Å². The maximum Gasteiger partial charge on any atom is 0.264 e. The minimum Gasteiger partial charge on any atom is -0.389 e. The van der Waals surface area contributed by atoms with Crippen LogP contribution < -0.4 is 10.6 Å². The van der Waals surface area contributed by atoms with Crippen molar-refractivity contribution in [2.24, 2.45) is 0 Å². The lowest BCUT2D eigenvalue weighted by molar-refractivity contribution is -0.249. The van der Waals surface area contributed by atoms with Gasteiger partial charge >= 0.3 is 0 Å². The molecule has 0 radical (unpaired) electrons. The number of aliphatic hydroxyl groups is 1. The van der Waals surface area contributed by atoms with E-state index in [4.69, 9.17) is 13.7 Å². The fraction of sp³-hybridized carbons (Fsp3) is 0.875. The lowest BCUT2D eigenvalue weighted by atomic mass is 9.94. The van der Waals surface area contributed by atoms with Crippen molar-refractivity contribution in [1.29, 1.82) is 0 Å². The molecule has 1 aliphatic heterocycles. The van der Waals surface area contributed by atoms with E-state index in [2.05, 4.69) is 30.3 Å². The summed E-state index contributed by atoms with van der Waals surface area (Å²) in [5.41, 5.74) is -0.185. The molecule has 1 saturated heterocycles. The predicted molar refractivity (Wildman–Crippen MR) is 105 cm³/mol. The Morgan fingerprint density at radius 3 is 2.07 bits per heavy atom. The lowest BCUT2D eigenvalue weighted by Crippen LogP contribution is -2.69. The SMILES string of the molecule is CC(=O)N[C@H]1[C@H](O)[C@H](NC(C)=O)C(OC(C)[Si](C)(C)C)O[C@@H]1COS(C)(=O)=O. The molecular formula is C16H32N2O8SSi. The van der Waals surface area contributed by atoms with Crippen molar-refractivity contribution < 1.29 is 36.8 Å². The summed E-state index contributed by atoms with van der Waals surface area (Å²) in [6, 6.07) is -1.96. The largest absolute Gasteiger partial charge is 0.389 e. The van der Waals surface area contributed by atoms with Gasteiger partial charge in [0.1, 0.15) is 18.2 Å². The molecule has 0 aromatic rings. The maximum absolute atomic E-state index is 11.6. The molecule has 10 nitrogen and oxygen atoms in total. The van der Waals surface area contributed by atoms with Crippen molar-refractivity contribution in [3.8, 4) is 0 Å². The van der Waals surface area contributed by atoms with E-state index in [1.54, 1.807) is 0 Å². The minimum atomic E-state index is -3.77. The average molecular weight is 441 g/mol. The number of hydrogen-bond acceptors (Lipinski definition) is 8. The fourth-order valence-corrected chi connectivity index (χ4v) is 3.53. The van der Waals surface area contributed by atoms with Gasteiger partial charge in [0, 0.05) is 19.6 Å². The highest BCUT2D eigenvalue weighted by Gasteiger charge is 2.48. The van der Waals surface area contributed by atoms with Gasteiger partial charge in [0.25, 0.3) is 10.1 Å². The second kappa shape index (κ2) is 9.63. The second-order valence-electron chi connectivity index (χ2n) is 8.12. The monoisotopic (exact) mass is 440 g/mol. The molecule has 12 heteroatoms. The zero-order chi connectivity index (χ0) is 21.9. The van der Waals surface area contributed by atoms with Gasteiger partial charge < -0.3 is 25.2 Å². The number of carbonyl (C=O) groups excluding carboxylic acids is 2. The zero-order valence-electron chi connectivity index (χ0n) is 17.4. The Hall–Kier alpha value is -1.05. The summed E-state index contributed by atoms with van der Waals surface area (Å²) < 4.78 is 39.4. The van der Waals surface area contributed by atoms with E-state index >= 15 is 0 Å². The average Bonchev–Trinajstić information content (AvgIpc) is 2.49. The third-order valence-corrected chi connectivity index (χ3v) is 7.62. The summed E-state index contributed by atoms with van der Waals surface area (Å²) in [6.07, 6.45) is -2.44. The first kappa shape index (κ1) is 25.0. The molecule has 0 saturated carbocycles. The fourth-order valence-electron chi connectivity index (χ4n) is 2.60. The highest BCUT2D eigenvalue weighted by Crippen LogP contribution is 2.26. The molecule has 1 aliphatic rings. The van der Waals surface area contributed by atoms with Crippen LogP contribution in [-0.2, 0) is 33.4 Å². The third kappa shape index (κ3) is 7.76. The van der Waals surface area contributed by atoms with Crippen LogP contribution in [0.2, 0.25) is 19.6 Å². The highest BCUT2D eigenvalue weighted by atomic mass is 32.2. The summed E-state index contributed by atoms with van der Waals surface area (Å²) in [5.74, 6) is -0.859. The summed E-state index contributed by atoms with van der Waals surface area (Å²) in [4.78, 5) is 23.2. The van der Waals surface area contributed by atoms with Gasteiger partial charge in [-0.15, -0.1) is 0 Å². The number of ether oxygens (including phenoxy) is 2. The van der Waals surface area contributed by atoms with Gasteiger partial charge in [-0.25, -0.2) is 0 Å². The molecule has 0 aromatic heterocycles. The summed E-state index contributed by atoms with van der Waals surface area (Å²) in [5, 5.41) is 16.0. The molecule has 2 unspecified atom stereocenters. The standard InChI is InChI=1S/C16H32N2O8SSi/c1-9(19)17-13-12(8-24-27(4,22)23)26-16(25-11(3)28(5,6)7)14(15(13)21)18-10(2)20/h11-16,21H,8H2,1-7H3,(H,17,19)(H,18,20)/t11?,12-,13-,14+,15+,16?/m1/s1. The van der Waals surface area contributed by atoms with Crippen LogP contribution in [-0.4, -0.2) is 82.6 Å². The summed E-state index contributed by atoms with van der Waals surface area (Å²) in [7, 11) is -5.51. The van der Waals surface area contributed by atoms with Crippen LogP contribution in [0.5, 0.6) is 0 Å². The van der Waals surface area contributed by atoms with Gasteiger partial charge in [0.05, 0.1) is 27.0 Å². The smallest absolute Gasteiger partial charge is 0.264 e. The van der Waals surface area contributed by atoms with E-state index in [0.29, 0.717) is 0 Å². The molecule has 1 rings (SSSR count). The molecule has 0 bridgehead atoms. The molecule has 164 valence electrons. The zero-order valence-corrected chi connectivity index (χ0v) is 19.2. The topological polar surface area (TPSA) is 140 Å². The second-order valence-corrected chi connectivity index (χ2v) is 15.3. The van der Waals surface area contributed by atoms with Crippen molar-refractivity contribution in [1.82, 2.24) is 10.6 Å². The first-order valence-corrected chi connectivity index (χ1v) is 14.4. The Bertz CT molecular complexity index is 666. The van der Waals surface area contributed by atoms with E-state index in [9.17, 15) is 23.1 Å². The van der Waals surface area contributed by atoms with Crippen molar-refractivity contribution in [2.75, 3.05) is 12.9 Å². The number of nitrogens with one attached hydrogen (secondary N) is 2. The predicted octanol–water partition coefficient (Wildman–Crippen LogP) is -0.660. The van der Waals surface area contributed by atoms with Gasteiger partial charge in [-0.05, 0) is 6.92 Å². The third-order valence-electron chi connectivity index (χ3n) is 4.48. The number of aliphatic hydroxyl groups excluding tert-OH is 1. The quantitative estimate of drug-likeness (QED) is 0.334. The van der Waals surface area contributed by atoms with Crippen LogP contribution in [0.3, 0.4) is 0 Å². The normalized spacial score (nSPS) is 29.8. The van der Waals surface area contributed by atoms with Crippen LogP contribution in [0.1, 0.15) is 20.8 Å². The van der Waals surface area contributed by atoms with Gasteiger partial charge in [-0.3, -0.25) is 13.8 Å². The Morgan fingerprint density at radius 2 is 1.64 bits per heavy atom. The first-order chi connectivity index (χ1) is 12.6. The highest BCUT2D eigenvalue weighted by molar-refractivity contribution is 7.85. The summed E-state index contributed by atoms with van der Waals surface area (Å²) in [6.45, 7) is 10.3. The molecule has 0 aliphatic carbocycles. The number of amides is 2. The van der Waals surface area contributed by atoms with Gasteiger partial charge in [-0.1, -0.05) is 19.6 Å². The molecule has 0 aromatic carbocycles. The van der Waals surface area contributed by atoms with Crippen LogP contribution >= 0.6 is 0 Å². The molecule has 1 fully saturated rings. The van der Waals surface area contributed by atoms with Gasteiger partial charge in [-0.2, -0.15) is 8.42 Å². The molecular weight excluding hydrogens is 408 g/mol. The van der Waals surface area contributed by atoms with Crippen LogP contribution in [0.4, 0.5) is 0 Å². The summed E-state index contributed by atoms with van der Waals surface area (Å²) >= 11 is 0. The van der Waals surface area contributed by atoms with Crippen molar-refractivity contribution in [3.63, 3.8) is 0 Å². The number of hydrogen-bond donors (Lipinski definition) is 3. The van der Waals surface area contributed by atoms with E-state index in [1.165, 1.54) is 13.8 Å². The Labute approximate surface area is 167 Å². The Kier molecular flexibility index (Phi) is 8.59. The molecule has 0 spiro atoms. The number of carbonyl (C=O) groups is 2. The lowest BCUT2D eigenvalue weighted by Gasteiger charge is -2.46. The Balaban J connectivity index is 3.17. The molecule has 2 amide bonds. The first-order valence-electron chi connectivity index (χ1n) is 8.99. The van der Waals surface area contributed by atoms with Gasteiger partial charge in [0.15, 0.2) is 6.29 Å². The van der Waals surface area contributed by atoms with Crippen molar-refractivity contribution in [3.05, 3.63) is 0 Å². The molecule has 1 heterocycles. The van der Waals surface area contributed by atoms with E-state index in [-0.39, 0.29) is 5.73 Å².